The van der Waals surface area contributed by atoms with E-state index in [1.165, 1.54) is 122 Å². The molecule has 0 aromatic heterocycles. The SMILES string of the molecule is CC/C=C\C/C=C\C/C=C\CCCCCC(=O)OCC(COP(=O)(O)OCC(CO)OC(=O)CCCCCCCCC/C=C\CCCCCCCC)OC(=O)CCCCCCCCC/C=C\CCCCCCCC. The Labute approximate surface area is 453 Å². The van der Waals surface area contributed by atoms with Crippen LogP contribution in [0.1, 0.15) is 278 Å². The highest BCUT2D eigenvalue weighted by Gasteiger charge is 2.28. The van der Waals surface area contributed by atoms with Crippen LogP contribution in [0.5, 0.6) is 0 Å². The predicted octanol–water partition coefficient (Wildman–Crippen LogP) is 17.9. The van der Waals surface area contributed by atoms with Gasteiger partial charge in [-0.2, -0.15) is 0 Å². The molecular formula is C62H111O11P. The van der Waals surface area contributed by atoms with Crippen molar-refractivity contribution in [3.05, 3.63) is 60.8 Å². The van der Waals surface area contributed by atoms with Crippen LogP contribution in [0.4, 0.5) is 0 Å². The maximum atomic E-state index is 12.9. The number of ether oxygens (including phenoxy) is 3. The standard InChI is InChI=1S/C62H111O11P/c1-4-7-10-13-16-19-22-25-27-29-31-34-37-40-43-46-49-52-61(65)72-58(54-63)56-70-74(67,68)71-57-59(55-69-60(64)51-48-45-42-39-36-33-24-21-18-15-12-9-6-3)73-62(66)53-50-47-44-41-38-35-32-30-28-26-23-20-17-14-11-8-5-2/h9,12,18,21,25-28,33,36,58-59,63H,4-8,10-11,13-17,19-20,22-24,29-32,34-35,37-57H2,1-3H3,(H,67,68)/b12-9-,21-18-,27-25-,28-26-,36-33-. The molecule has 0 aromatic rings. The zero-order valence-electron chi connectivity index (χ0n) is 47.6. The van der Waals surface area contributed by atoms with Crippen LogP contribution in [0.2, 0.25) is 0 Å². The summed E-state index contributed by atoms with van der Waals surface area (Å²) in [5.74, 6) is -1.50. The van der Waals surface area contributed by atoms with Crippen molar-refractivity contribution in [3.8, 4) is 0 Å². The average molecular weight is 1060 g/mol. The zero-order valence-corrected chi connectivity index (χ0v) is 48.5. The number of aliphatic hydroxyl groups excluding tert-OH is 1. The molecule has 0 spiro atoms. The van der Waals surface area contributed by atoms with Crippen molar-refractivity contribution in [3.63, 3.8) is 0 Å². The van der Waals surface area contributed by atoms with Gasteiger partial charge in [0.2, 0.25) is 0 Å². The number of carbonyl (C=O) groups is 3. The Balaban J connectivity index is 4.70. The van der Waals surface area contributed by atoms with E-state index < -0.39 is 57.8 Å². The van der Waals surface area contributed by atoms with E-state index >= 15 is 0 Å². The second kappa shape index (κ2) is 56.4. The Bertz CT molecular complexity index is 1470. The van der Waals surface area contributed by atoms with Gasteiger partial charge in [0.15, 0.2) is 6.10 Å². The molecule has 11 nitrogen and oxygen atoms in total. The van der Waals surface area contributed by atoms with Crippen molar-refractivity contribution >= 4 is 25.7 Å². The monoisotopic (exact) mass is 1060 g/mol. The molecule has 3 atom stereocenters. The Kier molecular flexibility index (Phi) is 54.2. The first-order valence-electron chi connectivity index (χ1n) is 30.2. The molecule has 0 aliphatic heterocycles. The molecule has 0 radical (unpaired) electrons. The minimum Gasteiger partial charge on any atom is -0.462 e. The summed E-state index contributed by atoms with van der Waals surface area (Å²) in [5.41, 5.74) is 0. The van der Waals surface area contributed by atoms with Crippen LogP contribution in [-0.2, 0) is 42.2 Å². The molecule has 0 amide bonds. The molecule has 0 fully saturated rings. The van der Waals surface area contributed by atoms with Gasteiger partial charge >= 0.3 is 25.7 Å². The molecule has 2 N–H and O–H groups in total. The Morgan fingerprint density at radius 2 is 0.703 bits per heavy atom. The smallest absolute Gasteiger partial charge is 0.462 e. The minimum absolute atomic E-state index is 0.156. The summed E-state index contributed by atoms with van der Waals surface area (Å²) in [4.78, 5) is 48.6. The maximum absolute atomic E-state index is 12.9. The maximum Gasteiger partial charge on any atom is 0.472 e. The van der Waals surface area contributed by atoms with Crippen molar-refractivity contribution < 1.29 is 52.2 Å². The normalized spacial score (nSPS) is 13.7. The summed E-state index contributed by atoms with van der Waals surface area (Å²) in [6, 6.07) is 0. The van der Waals surface area contributed by atoms with Crippen LogP contribution >= 0.6 is 7.82 Å². The van der Waals surface area contributed by atoms with E-state index in [-0.39, 0.29) is 25.9 Å². The van der Waals surface area contributed by atoms with E-state index in [2.05, 4.69) is 81.5 Å². The molecule has 0 saturated heterocycles. The second-order valence-corrected chi connectivity index (χ2v) is 21.6. The summed E-state index contributed by atoms with van der Waals surface area (Å²) in [5, 5.41) is 9.83. The van der Waals surface area contributed by atoms with Crippen LogP contribution in [0.3, 0.4) is 0 Å². The summed E-state index contributed by atoms with van der Waals surface area (Å²) in [6.07, 6.45) is 61.8. The van der Waals surface area contributed by atoms with Gasteiger partial charge in [-0.15, -0.1) is 0 Å². The molecule has 0 aliphatic rings. The molecule has 0 rings (SSSR count). The summed E-state index contributed by atoms with van der Waals surface area (Å²) >= 11 is 0. The lowest BCUT2D eigenvalue weighted by atomic mass is 10.1. The van der Waals surface area contributed by atoms with E-state index in [0.29, 0.717) is 19.3 Å². The number of allylic oxidation sites excluding steroid dienone is 10. The van der Waals surface area contributed by atoms with Crippen molar-refractivity contribution in [2.24, 2.45) is 0 Å². The van der Waals surface area contributed by atoms with Crippen LogP contribution in [0.25, 0.3) is 0 Å². The van der Waals surface area contributed by atoms with E-state index in [4.69, 9.17) is 23.3 Å². The molecular weight excluding hydrogens is 952 g/mol. The van der Waals surface area contributed by atoms with E-state index in [0.717, 1.165) is 96.3 Å². The molecule has 12 heteroatoms. The van der Waals surface area contributed by atoms with Crippen molar-refractivity contribution in [2.75, 3.05) is 26.4 Å². The number of esters is 3. The van der Waals surface area contributed by atoms with Crippen molar-refractivity contribution in [2.45, 2.75) is 290 Å². The number of aliphatic hydroxyl groups is 1. The Morgan fingerprint density at radius 1 is 0.392 bits per heavy atom. The van der Waals surface area contributed by atoms with Crippen LogP contribution < -0.4 is 0 Å². The highest BCUT2D eigenvalue weighted by atomic mass is 31.2. The fourth-order valence-corrected chi connectivity index (χ4v) is 9.09. The third kappa shape index (κ3) is 54.0. The lowest BCUT2D eigenvalue weighted by Crippen LogP contribution is -2.30. The number of hydrogen-bond acceptors (Lipinski definition) is 10. The number of unbranched alkanes of at least 4 members (excludes halogenated alkanes) is 29. The highest BCUT2D eigenvalue weighted by molar-refractivity contribution is 7.47. The molecule has 430 valence electrons. The number of rotatable bonds is 56. The van der Waals surface area contributed by atoms with Gasteiger partial charge in [0.05, 0.1) is 19.8 Å². The fraction of sp³-hybridized carbons (Fsp3) is 0.790. The van der Waals surface area contributed by atoms with E-state index in [1.807, 2.05) is 0 Å². The van der Waals surface area contributed by atoms with Gasteiger partial charge in [0.25, 0.3) is 0 Å². The largest absolute Gasteiger partial charge is 0.472 e. The molecule has 0 aliphatic carbocycles. The van der Waals surface area contributed by atoms with Crippen LogP contribution in [0, 0.1) is 0 Å². The first kappa shape index (κ1) is 71.2. The molecule has 0 heterocycles. The fourth-order valence-electron chi connectivity index (χ4n) is 8.30. The lowest BCUT2D eigenvalue weighted by molar-refractivity contribution is -0.161. The molecule has 0 bridgehead atoms. The van der Waals surface area contributed by atoms with Crippen molar-refractivity contribution in [1.29, 1.82) is 0 Å². The Morgan fingerprint density at radius 3 is 1.11 bits per heavy atom. The number of phosphoric acid groups is 1. The van der Waals surface area contributed by atoms with Crippen LogP contribution in [-0.4, -0.2) is 66.5 Å². The first-order valence-corrected chi connectivity index (χ1v) is 31.7. The number of hydrogen-bond donors (Lipinski definition) is 2. The van der Waals surface area contributed by atoms with E-state index in [1.54, 1.807) is 0 Å². The molecule has 74 heavy (non-hydrogen) atoms. The zero-order chi connectivity index (χ0) is 54.1. The third-order valence-electron chi connectivity index (χ3n) is 12.9. The number of carbonyl (C=O) groups excluding carboxylic acids is 3. The van der Waals surface area contributed by atoms with Gasteiger partial charge in [-0.25, -0.2) is 4.57 Å². The topological polar surface area (TPSA) is 155 Å². The second-order valence-electron chi connectivity index (χ2n) is 20.1. The van der Waals surface area contributed by atoms with Gasteiger partial charge in [0.1, 0.15) is 12.7 Å². The first-order chi connectivity index (χ1) is 36.2. The third-order valence-corrected chi connectivity index (χ3v) is 13.8. The summed E-state index contributed by atoms with van der Waals surface area (Å²) in [6.45, 7) is 4.51. The number of phosphoric ester groups is 1. The van der Waals surface area contributed by atoms with Gasteiger partial charge in [-0.3, -0.25) is 23.4 Å². The molecule has 3 unspecified atom stereocenters. The van der Waals surface area contributed by atoms with Gasteiger partial charge in [-0.05, 0) is 103 Å². The average Bonchev–Trinajstić information content (AvgIpc) is 3.39. The minimum atomic E-state index is -4.76. The highest BCUT2D eigenvalue weighted by Crippen LogP contribution is 2.43. The van der Waals surface area contributed by atoms with E-state index in [9.17, 15) is 28.9 Å². The van der Waals surface area contributed by atoms with Gasteiger partial charge < -0.3 is 24.2 Å². The Hall–Kier alpha value is -2.82. The lowest BCUT2D eigenvalue weighted by Gasteiger charge is -2.21. The molecule has 0 saturated carbocycles. The quantitative estimate of drug-likeness (QED) is 0.0197. The van der Waals surface area contributed by atoms with Crippen LogP contribution in [0.15, 0.2) is 60.8 Å². The predicted molar refractivity (Wildman–Crippen MR) is 307 cm³/mol. The summed E-state index contributed by atoms with van der Waals surface area (Å²) < 4.78 is 39.5. The molecule has 0 aromatic carbocycles. The summed E-state index contributed by atoms with van der Waals surface area (Å²) in [7, 11) is -4.76. The van der Waals surface area contributed by atoms with Crippen molar-refractivity contribution in [1.82, 2.24) is 0 Å². The van der Waals surface area contributed by atoms with Gasteiger partial charge in [-0.1, -0.05) is 216 Å². The van der Waals surface area contributed by atoms with Gasteiger partial charge in [0, 0.05) is 19.3 Å².